The van der Waals surface area contributed by atoms with E-state index in [1.165, 1.54) is 31.4 Å². The van der Waals surface area contributed by atoms with E-state index in [0.29, 0.717) is 0 Å². The summed E-state index contributed by atoms with van der Waals surface area (Å²) in [5, 5.41) is 10.3. The summed E-state index contributed by atoms with van der Waals surface area (Å²) in [4.78, 5) is 0. The van der Waals surface area contributed by atoms with Gasteiger partial charge in [-0.05, 0) is 46.8 Å². The molecule has 0 heterocycles. The highest BCUT2D eigenvalue weighted by Gasteiger charge is 2.23. The average molecular weight is 347 g/mol. The van der Waals surface area contributed by atoms with Crippen molar-refractivity contribution in [2.24, 2.45) is 5.92 Å². The van der Waals surface area contributed by atoms with Crippen LogP contribution in [-0.4, -0.2) is 11.2 Å². The Morgan fingerprint density at radius 2 is 1.70 bits per heavy atom. The molecule has 1 saturated carbocycles. The van der Waals surface area contributed by atoms with Gasteiger partial charge in [-0.15, -0.1) is 0 Å². The molecular formula is C16H21BrF2O. The third kappa shape index (κ3) is 4.01. The molecule has 0 bridgehead atoms. The minimum Gasteiger partial charge on any atom is -0.392 e. The van der Waals surface area contributed by atoms with Crippen molar-refractivity contribution in [3.05, 3.63) is 33.8 Å². The zero-order valence-corrected chi connectivity index (χ0v) is 13.1. The van der Waals surface area contributed by atoms with Gasteiger partial charge in [0, 0.05) is 12.0 Å². The Labute approximate surface area is 127 Å². The van der Waals surface area contributed by atoms with Crippen LogP contribution in [0.2, 0.25) is 0 Å². The number of aliphatic hydroxyl groups is 1. The van der Waals surface area contributed by atoms with E-state index >= 15 is 0 Å². The summed E-state index contributed by atoms with van der Waals surface area (Å²) in [5.41, 5.74) is -0.00562. The Balaban J connectivity index is 2.06. The summed E-state index contributed by atoms with van der Waals surface area (Å²) in [6.45, 7) is 0. The minimum absolute atomic E-state index is 0.00562. The SMILES string of the molecule is OC(Cc1c(F)ccc(Br)c1F)C1CCCCCCC1. The van der Waals surface area contributed by atoms with E-state index < -0.39 is 17.7 Å². The number of hydrogen-bond donors (Lipinski definition) is 1. The lowest BCUT2D eigenvalue weighted by atomic mass is 9.85. The quantitative estimate of drug-likeness (QED) is 0.764. The van der Waals surface area contributed by atoms with Crippen molar-refractivity contribution < 1.29 is 13.9 Å². The predicted octanol–water partition coefficient (Wildman–Crippen LogP) is 4.99. The molecule has 4 heteroatoms. The first-order chi connectivity index (χ1) is 9.59. The summed E-state index contributed by atoms with van der Waals surface area (Å²) in [6.07, 6.45) is 7.17. The largest absolute Gasteiger partial charge is 0.392 e. The van der Waals surface area contributed by atoms with Crippen LogP contribution in [0.4, 0.5) is 8.78 Å². The molecule has 1 unspecified atom stereocenters. The van der Waals surface area contributed by atoms with E-state index in [2.05, 4.69) is 15.9 Å². The molecule has 0 radical (unpaired) electrons. The summed E-state index contributed by atoms with van der Waals surface area (Å²) in [7, 11) is 0. The van der Waals surface area contributed by atoms with Crippen molar-refractivity contribution >= 4 is 15.9 Å². The molecule has 0 aromatic heterocycles. The predicted molar refractivity (Wildman–Crippen MR) is 79.6 cm³/mol. The Hall–Kier alpha value is -0.480. The summed E-state index contributed by atoms with van der Waals surface area (Å²) < 4.78 is 27.9. The Morgan fingerprint density at radius 3 is 2.35 bits per heavy atom. The zero-order valence-electron chi connectivity index (χ0n) is 11.5. The lowest BCUT2D eigenvalue weighted by Crippen LogP contribution is -2.25. The van der Waals surface area contributed by atoms with Crippen molar-refractivity contribution in [1.82, 2.24) is 0 Å². The van der Waals surface area contributed by atoms with Gasteiger partial charge in [0.15, 0.2) is 0 Å². The lowest BCUT2D eigenvalue weighted by Gasteiger charge is -2.25. The highest BCUT2D eigenvalue weighted by Crippen LogP contribution is 2.29. The van der Waals surface area contributed by atoms with E-state index in [1.54, 1.807) is 0 Å². The van der Waals surface area contributed by atoms with Gasteiger partial charge in [-0.2, -0.15) is 0 Å². The van der Waals surface area contributed by atoms with Gasteiger partial charge in [-0.25, -0.2) is 8.78 Å². The Bertz CT molecular complexity index is 442. The first kappa shape index (κ1) is 15.9. The van der Waals surface area contributed by atoms with E-state index in [9.17, 15) is 13.9 Å². The third-order valence-corrected chi connectivity index (χ3v) is 4.86. The maximum Gasteiger partial charge on any atom is 0.143 e. The van der Waals surface area contributed by atoms with Crippen LogP contribution >= 0.6 is 15.9 Å². The van der Waals surface area contributed by atoms with Gasteiger partial charge >= 0.3 is 0 Å². The van der Waals surface area contributed by atoms with Gasteiger partial charge in [-0.1, -0.05) is 32.1 Å². The van der Waals surface area contributed by atoms with Crippen molar-refractivity contribution in [2.75, 3.05) is 0 Å². The normalized spacial score (nSPS) is 19.4. The number of halogens is 3. The van der Waals surface area contributed by atoms with Gasteiger partial charge in [0.05, 0.1) is 10.6 Å². The fourth-order valence-electron chi connectivity index (χ4n) is 3.00. The molecule has 1 atom stereocenters. The van der Waals surface area contributed by atoms with Gasteiger partial charge < -0.3 is 5.11 Å². The fraction of sp³-hybridized carbons (Fsp3) is 0.625. The van der Waals surface area contributed by atoms with Crippen molar-refractivity contribution in [3.8, 4) is 0 Å². The average Bonchev–Trinajstić information content (AvgIpc) is 2.38. The summed E-state index contributed by atoms with van der Waals surface area (Å²) >= 11 is 3.07. The van der Waals surface area contributed by atoms with Crippen LogP contribution in [0.5, 0.6) is 0 Å². The highest BCUT2D eigenvalue weighted by molar-refractivity contribution is 9.10. The molecule has 1 aromatic carbocycles. The monoisotopic (exact) mass is 346 g/mol. The lowest BCUT2D eigenvalue weighted by molar-refractivity contribution is 0.0896. The first-order valence-electron chi connectivity index (χ1n) is 7.40. The second-order valence-corrected chi connectivity index (χ2v) is 6.55. The van der Waals surface area contributed by atoms with Gasteiger partial charge in [0.25, 0.3) is 0 Å². The molecule has 112 valence electrons. The molecule has 2 rings (SSSR count). The van der Waals surface area contributed by atoms with Crippen molar-refractivity contribution in [3.63, 3.8) is 0 Å². The molecule has 1 aliphatic carbocycles. The van der Waals surface area contributed by atoms with E-state index in [0.717, 1.165) is 25.7 Å². The van der Waals surface area contributed by atoms with E-state index in [-0.39, 0.29) is 22.4 Å². The molecule has 0 saturated heterocycles. The zero-order chi connectivity index (χ0) is 14.5. The maximum absolute atomic E-state index is 13.9. The topological polar surface area (TPSA) is 20.2 Å². The van der Waals surface area contributed by atoms with Gasteiger partial charge in [0.2, 0.25) is 0 Å². The van der Waals surface area contributed by atoms with Gasteiger partial charge in [0.1, 0.15) is 11.6 Å². The van der Waals surface area contributed by atoms with E-state index in [4.69, 9.17) is 0 Å². The number of hydrogen-bond acceptors (Lipinski definition) is 1. The van der Waals surface area contributed by atoms with Crippen LogP contribution in [-0.2, 0) is 6.42 Å². The molecule has 1 aromatic rings. The van der Waals surface area contributed by atoms with Crippen LogP contribution in [0.1, 0.15) is 50.5 Å². The number of benzene rings is 1. The van der Waals surface area contributed by atoms with Gasteiger partial charge in [-0.3, -0.25) is 0 Å². The molecule has 1 N–H and O–H groups in total. The second kappa shape index (κ2) is 7.51. The fourth-order valence-corrected chi connectivity index (χ4v) is 3.38. The smallest absolute Gasteiger partial charge is 0.143 e. The van der Waals surface area contributed by atoms with Crippen LogP contribution in [0.25, 0.3) is 0 Å². The summed E-state index contributed by atoms with van der Waals surface area (Å²) in [5.74, 6) is -1.00. The Morgan fingerprint density at radius 1 is 1.10 bits per heavy atom. The van der Waals surface area contributed by atoms with Crippen LogP contribution in [0, 0.1) is 17.6 Å². The van der Waals surface area contributed by atoms with Crippen LogP contribution < -0.4 is 0 Å². The second-order valence-electron chi connectivity index (χ2n) is 5.70. The van der Waals surface area contributed by atoms with Crippen LogP contribution in [0.3, 0.4) is 0 Å². The molecule has 0 spiro atoms. The van der Waals surface area contributed by atoms with Crippen molar-refractivity contribution in [1.29, 1.82) is 0 Å². The number of aliphatic hydroxyl groups excluding tert-OH is 1. The summed E-state index contributed by atoms with van der Waals surface area (Å²) in [6, 6.07) is 2.60. The maximum atomic E-state index is 13.9. The number of rotatable bonds is 3. The molecule has 1 fully saturated rings. The minimum atomic E-state index is -0.661. The molecular weight excluding hydrogens is 326 g/mol. The molecule has 0 aliphatic heterocycles. The molecule has 0 amide bonds. The third-order valence-electron chi connectivity index (χ3n) is 4.25. The Kier molecular flexibility index (Phi) is 5.97. The molecule has 20 heavy (non-hydrogen) atoms. The molecule has 1 aliphatic rings. The highest BCUT2D eigenvalue weighted by atomic mass is 79.9. The molecule has 1 nitrogen and oxygen atoms in total. The standard InChI is InChI=1S/C16H21BrF2O/c17-13-8-9-14(18)12(16(13)19)10-15(20)11-6-4-2-1-3-5-7-11/h8-9,11,15,20H,1-7,10H2. The van der Waals surface area contributed by atoms with Crippen LogP contribution in [0.15, 0.2) is 16.6 Å². The first-order valence-corrected chi connectivity index (χ1v) is 8.19. The van der Waals surface area contributed by atoms with Crippen molar-refractivity contribution in [2.45, 2.75) is 57.5 Å². The van der Waals surface area contributed by atoms with E-state index in [1.807, 2.05) is 0 Å².